The average molecular weight is 389 g/mol. The molecule has 0 saturated carbocycles. The van der Waals surface area contributed by atoms with Gasteiger partial charge in [0, 0.05) is 13.0 Å². The summed E-state index contributed by atoms with van der Waals surface area (Å²) < 4.78 is 15.5. The van der Waals surface area contributed by atoms with Crippen LogP contribution >= 0.6 is 0 Å². The van der Waals surface area contributed by atoms with Crippen LogP contribution in [-0.2, 0) is 28.6 Å². The molecule has 7 nitrogen and oxygen atoms in total. The highest BCUT2D eigenvalue weighted by molar-refractivity contribution is 5.85. The van der Waals surface area contributed by atoms with E-state index in [9.17, 15) is 14.4 Å². The van der Waals surface area contributed by atoms with E-state index >= 15 is 0 Å². The van der Waals surface area contributed by atoms with Crippen LogP contribution in [0, 0.1) is 11.8 Å². The third-order valence-electron chi connectivity index (χ3n) is 4.21. The minimum absolute atomic E-state index is 0.0689. The second kappa shape index (κ2) is 16.5. The molecule has 0 bridgehead atoms. The van der Waals surface area contributed by atoms with Gasteiger partial charge in [0.15, 0.2) is 0 Å². The molecule has 1 N–H and O–H groups in total. The van der Waals surface area contributed by atoms with Crippen LogP contribution in [0.5, 0.6) is 0 Å². The number of aliphatic hydroxyl groups excluding tert-OH is 1. The summed E-state index contributed by atoms with van der Waals surface area (Å²) in [6, 6.07) is 0. The molecule has 0 heterocycles. The predicted octanol–water partition coefficient (Wildman–Crippen LogP) is 3.02. The molecule has 158 valence electrons. The quantitative estimate of drug-likeness (QED) is 0.246. The highest BCUT2D eigenvalue weighted by atomic mass is 16.5. The molecule has 7 heteroatoms. The summed E-state index contributed by atoms with van der Waals surface area (Å²) in [5, 5.41) is 8.77. The molecule has 0 aliphatic carbocycles. The van der Waals surface area contributed by atoms with Gasteiger partial charge in [0.05, 0.1) is 38.1 Å². The largest absolute Gasteiger partial charge is 0.466 e. The molecule has 0 spiro atoms. The first-order valence-electron chi connectivity index (χ1n) is 10.1. The van der Waals surface area contributed by atoms with Crippen LogP contribution in [0.1, 0.15) is 72.1 Å². The minimum Gasteiger partial charge on any atom is -0.466 e. The molecule has 0 rings (SSSR count). The summed E-state index contributed by atoms with van der Waals surface area (Å²) in [6.45, 7) is 6.19. The monoisotopic (exact) mass is 388 g/mol. The molecule has 0 aromatic rings. The standard InChI is InChI=1S/C20H36O7/c1-4-6-8-12-25-18(22)15-17(20(24)27-13-9-7-5-2)16(3)19(23)26-14-10-11-21/h16-17,21H,4-15H2,1-3H3. The van der Waals surface area contributed by atoms with E-state index in [1.54, 1.807) is 6.92 Å². The zero-order chi connectivity index (χ0) is 20.5. The van der Waals surface area contributed by atoms with Gasteiger partial charge in [-0.1, -0.05) is 46.5 Å². The molecule has 0 aromatic heterocycles. The van der Waals surface area contributed by atoms with E-state index in [1.165, 1.54) is 0 Å². The van der Waals surface area contributed by atoms with E-state index in [0.29, 0.717) is 13.0 Å². The summed E-state index contributed by atoms with van der Waals surface area (Å²) in [5.41, 5.74) is 0. The van der Waals surface area contributed by atoms with Crippen molar-refractivity contribution in [2.45, 2.75) is 72.1 Å². The van der Waals surface area contributed by atoms with Crippen LogP contribution in [0.2, 0.25) is 0 Å². The lowest BCUT2D eigenvalue weighted by atomic mass is 9.91. The minimum atomic E-state index is -0.938. The second-order valence-electron chi connectivity index (χ2n) is 6.65. The van der Waals surface area contributed by atoms with Crippen LogP contribution in [0.25, 0.3) is 0 Å². The second-order valence-corrected chi connectivity index (χ2v) is 6.65. The number of aliphatic hydroxyl groups is 1. The lowest BCUT2D eigenvalue weighted by Crippen LogP contribution is -2.33. The summed E-state index contributed by atoms with van der Waals surface area (Å²) in [7, 11) is 0. The summed E-state index contributed by atoms with van der Waals surface area (Å²) in [6.07, 6.45) is 5.54. The number of rotatable bonds is 16. The van der Waals surface area contributed by atoms with Gasteiger partial charge >= 0.3 is 17.9 Å². The van der Waals surface area contributed by atoms with E-state index in [0.717, 1.165) is 38.5 Å². The van der Waals surface area contributed by atoms with Crippen molar-refractivity contribution in [3.8, 4) is 0 Å². The molecule has 0 amide bonds. The molecule has 0 radical (unpaired) electrons. The molecule has 0 aliphatic rings. The van der Waals surface area contributed by atoms with Gasteiger partial charge in [-0.3, -0.25) is 14.4 Å². The predicted molar refractivity (Wildman–Crippen MR) is 101 cm³/mol. The number of hydrogen-bond acceptors (Lipinski definition) is 7. The summed E-state index contributed by atoms with van der Waals surface area (Å²) >= 11 is 0. The van der Waals surface area contributed by atoms with Crippen LogP contribution in [0.3, 0.4) is 0 Å². The van der Waals surface area contributed by atoms with Crippen molar-refractivity contribution >= 4 is 17.9 Å². The fourth-order valence-electron chi connectivity index (χ4n) is 2.41. The first kappa shape index (κ1) is 25.4. The van der Waals surface area contributed by atoms with Gasteiger partial charge in [-0.15, -0.1) is 0 Å². The van der Waals surface area contributed by atoms with E-state index in [4.69, 9.17) is 19.3 Å². The Bertz CT molecular complexity index is 423. The Hall–Kier alpha value is -1.63. The number of ether oxygens (including phenoxy) is 3. The topological polar surface area (TPSA) is 99.1 Å². The zero-order valence-corrected chi connectivity index (χ0v) is 17.0. The first-order chi connectivity index (χ1) is 13.0. The Kier molecular flexibility index (Phi) is 15.5. The van der Waals surface area contributed by atoms with Crippen molar-refractivity contribution in [2.75, 3.05) is 26.4 Å². The number of unbranched alkanes of at least 4 members (excludes halogenated alkanes) is 4. The summed E-state index contributed by atoms with van der Waals surface area (Å²) in [4.78, 5) is 36.6. The van der Waals surface area contributed by atoms with Crippen molar-refractivity contribution in [2.24, 2.45) is 11.8 Å². The lowest BCUT2D eigenvalue weighted by molar-refractivity contribution is -0.164. The van der Waals surface area contributed by atoms with Crippen LogP contribution in [0.15, 0.2) is 0 Å². The van der Waals surface area contributed by atoms with Gasteiger partial charge in [-0.2, -0.15) is 0 Å². The third-order valence-corrected chi connectivity index (χ3v) is 4.21. The molecule has 0 saturated heterocycles. The number of carbonyl (C=O) groups is 3. The summed E-state index contributed by atoms with van der Waals surface area (Å²) in [5.74, 6) is -3.45. The third kappa shape index (κ3) is 12.4. The maximum absolute atomic E-state index is 12.4. The highest BCUT2D eigenvalue weighted by Gasteiger charge is 2.35. The van der Waals surface area contributed by atoms with E-state index in [1.807, 2.05) is 6.92 Å². The van der Waals surface area contributed by atoms with Gasteiger partial charge in [0.1, 0.15) is 0 Å². The van der Waals surface area contributed by atoms with Crippen molar-refractivity contribution in [1.82, 2.24) is 0 Å². The molecular formula is C20H36O7. The fraction of sp³-hybridized carbons (Fsp3) is 0.850. The fourth-order valence-corrected chi connectivity index (χ4v) is 2.41. The van der Waals surface area contributed by atoms with Crippen molar-refractivity contribution in [1.29, 1.82) is 0 Å². The van der Waals surface area contributed by atoms with Crippen LogP contribution < -0.4 is 0 Å². The van der Waals surface area contributed by atoms with Gasteiger partial charge in [0.2, 0.25) is 0 Å². The Morgan fingerprint density at radius 1 is 0.778 bits per heavy atom. The van der Waals surface area contributed by atoms with E-state index in [-0.39, 0.29) is 26.2 Å². The first-order valence-corrected chi connectivity index (χ1v) is 10.1. The smallest absolute Gasteiger partial charge is 0.310 e. The van der Waals surface area contributed by atoms with Gasteiger partial charge in [-0.25, -0.2) is 0 Å². The Morgan fingerprint density at radius 2 is 1.30 bits per heavy atom. The molecule has 2 unspecified atom stereocenters. The molecule has 2 atom stereocenters. The van der Waals surface area contributed by atoms with Crippen LogP contribution in [0.4, 0.5) is 0 Å². The Balaban J connectivity index is 4.74. The molecule has 27 heavy (non-hydrogen) atoms. The average Bonchev–Trinajstić information content (AvgIpc) is 2.66. The van der Waals surface area contributed by atoms with Crippen molar-refractivity contribution in [3.05, 3.63) is 0 Å². The van der Waals surface area contributed by atoms with Gasteiger partial charge < -0.3 is 19.3 Å². The molecule has 0 fully saturated rings. The van der Waals surface area contributed by atoms with E-state index < -0.39 is 29.7 Å². The van der Waals surface area contributed by atoms with Crippen LogP contribution in [-0.4, -0.2) is 49.4 Å². The highest BCUT2D eigenvalue weighted by Crippen LogP contribution is 2.21. The number of esters is 3. The van der Waals surface area contributed by atoms with Crippen molar-refractivity contribution < 1.29 is 33.7 Å². The number of carbonyl (C=O) groups excluding carboxylic acids is 3. The Labute approximate surface area is 162 Å². The molecule has 0 aliphatic heterocycles. The normalized spacial score (nSPS) is 12.9. The number of hydrogen-bond donors (Lipinski definition) is 1. The molecule has 0 aromatic carbocycles. The maximum Gasteiger partial charge on any atom is 0.310 e. The SMILES string of the molecule is CCCCCOC(=O)CC(C(=O)OCCCCC)C(C)C(=O)OCCCO. The van der Waals surface area contributed by atoms with Gasteiger partial charge in [-0.05, 0) is 12.8 Å². The Morgan fingerprint density at radius 3 is 1.85 bits per heavy atom. The zero-order valence-electron chi connectivity index (χ0n) is 17.0. The lowest BCUT2D eigenvalue weighted by Gasteiger charge is -2.21. The van der Waals surface area contributed by atoms with Crippen molar-refractivity contribution in [3.63, 3.8) is 0 Å². The van der Waals surface area contributed by atoms with E-state index in [2.05, 4.69) is 6.92 Å². The maximum atomic E-state index is 12.4. The molecular weight excluding hydrogens is 352 g/mol. The van der Waals surface area contributed by atoms with Gasteiger partial charge in [0.25, 0.3) is 0 Å².